The average Bonchev–Trinajstić information content (AvgIpc) is 3.28. The van der Waals surface area contributed by atoms with Gasteiger partial charge in [0.05, 0.1) is 5.69 Å². The molecule has 4 rings (SSSR count). The maximum absolute atomic E-state index is 12.9. The molecule has 0 N–H and O–H groups in total. The third kappa shape index (κ3) is 3.72. The van der Waals surface area contributed by atoms with Crippen molar-refractivity contribution in [3.05, 3.63) is 71.0 Å². The first kappa shape index (κ1) is 18.1. The second-order valence-corrected chi connectivity index (χ2v) is 6.84. The fourth-order valence-corrected chi connectivity index (χ4v) is 3.35. The van der Waals surface area contributed by atoms with Crippen LogP contribution in [0.5, 0.6) is 0 Å². The van der Waals surface area contributed by atoms with Crippen LogP contribution in [0.25, 0.3) is 5.69 Å². The number of amides is 2. The van der Waals surface area contributed by atoms with E-state index in [1.807, 2.05) is 6.07 Å². The summed E-state index contributed by atoms with van der Waals surface area (Å²) in [5.41, 5.74) is 1.83. The Morgan fingerprint density at radius 2 is 1.46 bits per heavy atom. The van der Waals surface area contributed by atoms with Crippen LogP contribution in [0, 0.1) is 0 Å². The summed E-state index contributed by atoms with van der Waals surface area (Å²) >= 11 is 5.97. The molecule has 2 heterocycles. The quantitative estimate of drug-likeness (QED) is 0.675. The van der Waals surface area contributed by atoms with Crippen molar-refractivity contribution in [2.75, 3.05) is 26.2 Å². The number of hydrogen-bond acceptors (Lipinski definition) is 5. The standard InChI is InChI=1S/C19H17ClN6O2/c20-16-5-1-3-14(11-16)18(27)24-7-9-25(10-8-24)19(28)15-4-2-6-17(12-15)26-13-21-22-23-26/h1-6,11-13H,7-10H2. The first-order valence-electron chi connectivity index (χ1n) is 8.79. The van der Waals surface area contributed by atoms with E-state index in [1.165, 1.54) is 11.0 Å². The molecule has 9 heteroatoms. The van der Waals surface area contributed by atoms with Gasteiger partial charge < -0.3 is 9.80 Å². The Morgan fingerprint density at radius 3 is 2.04 bits per heavy atom. The van der Waals surface area contributed by atoms with Crippen LogP contribution >= 0.6 is 11.6 Å². The van der Waals surface area contributed by atoms with E-state index in [0.717, 1.165) is 0 Å². The molecule has 0 spiro atoms. The van der Waals surface area contributed by atoms with Gasteiger partial charge in [0.15, 0.2) is 0 Å². The summed E-state index contributed by atoms with van der Waals surface area (Å²) in [5.74, 6) is -0.153. The summed E-state index contributed by atoms with van der Waals surface area (Å²) < 4.78 is 1.50. The molecule has 8 nitrogen and oxygen atoms in total. The van der Waals surface area contributed by atoms with Gasteiger partial charge in [0.1, 0.15) is 6.33 Å². The normalized spacial score (nSPS) is 14.2. The number of hydrogen-bond donors (Lipinski definition) is 0. The SMILES string of the molecule is O=C(c1cccc(Cl)c1)N1CCN(C(=O)c2cccc(-n3cnnn3)c2)CC1. The van der Waals surface area contributed by atoms with Crippen LogP contribution in [0.2, 0.25) is 5.02 Å². The Hall–Kier alpha value is -3.26. The highest BCUT2D eigenvalue weighted by atomic mass is 35.5. The van der Waals surface area contributed by atoms with Gasteiger partial charge in [-0.25, -0.2) is 4.68 Å². The van der Waals surface area contributed by atoms with Gasteiger partial charge in [-0.2, -0.15) is 0 Å². The van der Waals surface area contributed by atoms with Crippen molar-refractivity contribution in [3.8, 4) is 5.69 Å². The number of rotatable bonds is 3. The summed E-state index contributed by atoms with van der Waals surface area (Å²) in [7, 11) is 0. The van der Waals surface area contributed by atoms with Gasteiger partial charge in [0, 0.05) is 42.3 Å². The number of benzene rings is 2. The second kappa shape index (κ2) is 7.77. The van der Waals surface area contributed by atoms with E-state index in [0.29, 0.717) is 48.0 Å². The molecule has 3 aromatic rings. The lowest BCUT2D eigenvalue weighted by Gasteiger charge is -2.35. The average molecular weight is 397 g/mol. The number of halogens is 1. The minimum atomic E-state index is -0.0789. The molecule has 1 saturated heterocycles. The fourth-order valence-electron chi connectivity index (χ4n) is 3.16. The molecule has 0 unspecified atom stereocenters. The molecule has 28 heavy (non-hydrogen) atoms. The van der Waals surface area contributed by atoms with E-state index >= 15 is 0 Å². The van der Waals surface area contributed by atoms with Gasteiger partial charge in [-0.05, 0) is 46.8 Å². The van der Waals surface area contributed by atoms with Crippen LogP contribution in [-0.4, -0.2) is 68.0 Å². The molecular weight excluding hydrogens is 380 g/mol. The summed E-state index contributed by atoms with van der Waals surface area (Å²) in [6, 6.07) is 14.0. The summed E-state index contributed by atoms with van der Waals surface area (Å²) in [5, 5.41) is 11.6. The molecule has 0 bridgehead atoms. The predicted molar refractivity (Wildman–Crippen MR) is 102 cm³/mol. The van der Waals surface area contributed by atoms with E-state index in [2.05, 4.69) is 15.5 Å². The van der Waals surface area contributed by atoms with Gasteiger partial charge in [-0.3, -0.25) is 9.59 Å². The largest absolute Gasteiger partial charge is 0.335 e. The monoisotopic (exact) mass is 396 g/mol. The lowest BCUT2D eigenvalue weighted by atomic mass is 10.1. The van der Waals surface area contributed by atoms with Crippen LogP contribution in [0.3, 0.4) is 0 Å². The van der Waals surface area contributed by atoms with Crippen molar-refractivity contribution < 1.29 is 9.59 Å². The molecule has 1 fully saturated rings. The van der Waals surface area contributed by atoms with Crippen LogP contribution in [0.15, 0.2) is 54.9 Å². The first-order chi connectivity index (χ1) is 13.6. The number of carbonyl (C=O) groups excluding carboxylic acids is 2. The smallest absolute Gasteiger partial charge is 0.254 e. The Labute approximate surface area is 166 Å². The van der Waals surface area contributed by atoms with Gasteiger partial charge in [0.2, 0.25) is 0 Å². The zero-order chi connectivity index (χ0) is 19.5. The van der Waals surface area contributed by atoms with Crippen LogP contribution in [0.4, 0.5) is 0 Å². The third-order valence-electron chi connectivity index (χ3n) is 4.63. The highest BCUT2D eigenvalue weighted by Gasteiger charge is 2.25. The molecule has 142 valence electrons. The number of nitrogens with zero attached hydrogens (tertiary/aromatic N) is 6. The van der Waals surface area contributed by atoms with Crippen molar-refractivity contribution in [2.45, 2.75) is 0 Å². The number of carbonyl (C=O) groups is 2. The molecule has 0 aliphatic carbocycles. The molecule has 1 aliphatic rings. The molecule has 2 amide bonds. The Bertz CT molecular complexity index is 999. The minimum Gasteiger partial charge on any atom is -0.335 e. The number of piperazine rings is 1. The van der Waals surface area contributed by atoms with Gasteiger partial charge in [-0.1, -0.05) is 23.7 Å². The van der Waals surface area contributed by atoms with E-state index in [9.17, 15) is 9.59 Å². The van der Waals surface area contributed by atoms with Crippen LogP contribution in [-0.2, 0) is 0 Å². The first-order valence-corrected chi connectivity index (χ1v) is 9.17. The maximum Gasteiger partial charge on any atom is 0.254 e. The Balaban J connectivity index is 1.42. The van der Waals surface area contributed by atoms with Gasteiger partial charge >= 0.3 is 0 Å². The van der Waals surface area contributed by atoms with Crippen molar-refractivity contribution in [2.24, 2.45) is 0 Å². The van der Waals surface area contributed by atoms with Gasteiger partial charge in [-0.15, -0.1) is 5.10 Å². The fraction of sp³-hybridized carbons (Fsp3) is 0.211. The topological polar surface area (TPSA) is 84.2 Å². The van der Waals surface area contributed by atoms with Crippen molar-refractivity contribution >= 4 is 23.4 Å². The third-order valence-corrected chi connectivity index (χ3v) is 4.87. The number of tetrazole rings is 1. The molecule has 1 aliphatic heterocycles. The van der Waals surface area contributed by atoms with Gasteiger partial charge in [0.25, 0.3) is 11.8 Å². The van der Waals surface area contributed by atoms with Crippen molar-refractivity contribution in [1.82, 2.24) is 30.0 Å². The predicted octanol–water partition coefficient (Wildman–Crippen LogP) is 1.91. The van der Waals surface area contributed by atoms with E-state index < -0.39 is 0 Å². The lowest BCUT2D eigenvalue weighted by molar-refractivity contribution is 0.0535. The molecule has 1 aromatic heterocycles. The van der Waals surface area contributed by atoms with E-state index in [-0.39, 0.29) is 11.8 Å². The number of aromatic nitrogens is 4. The van der Waals surface area contributed by atoms with Crippen molar-refractivity contribution in [3.63, 3.8) is 0 Å². The summed E-state index contributed by atoms with van der Waals surface area (Å²) in [6.45, 7) is 1.90. The summed E-state index contributed by atoms with van der Waals surface area (Å²) in [4.78, 5) is 29.0. The second-order valence-electron chi connectivity index (χ2n) is 6.40. The van der Waals surface area contributed by atoms with Crippen LogP contribution < -0.4 is 0 Å². The van der Waals surface area contributed by atoms with E-state index in [4.69, 9.17) is 11.6 Å². The van der Waals surface area contributed by atoms with Crippen molar-refractivity contribution in [1.29, 1.82) is 0 Å². The minimum absolute atomic E-state index is 0.0738. The molecule has 2 aromatic carbocycles. The van der Waals surface area contributed by atoms with Crippen LogP contribution in [0.1, 0.15) is 20.7 Å². The lowest BCUT2D eigenvalue weighted by Crippen LogP contribution is -2.50. The maximum atomic E-state index is 12.9. The Kier molecular flexibility index (Phi) is 5.03. The molecular formula is C19H17ClN6O2. The zero-order valence-electron chi connectivity index (χ0n) is 14.9. The highest BCUT2D eigenvalue weighted by molar-refractivity contribution is 6.30. The van der Waals surface area contributed by atoms with E-state index in [1.54, 1.807) is 52.3 Å². The zero-order valence-corrected chi connectivity index (χ0v) is 15.7. The summed E-state index contributed by atoms with van der Waals surface area (Å²) in [6.07, 6.45) is 1.48. The Morgan fingerprint density at radius 1 is 0.857 bits per heavy atom. The molecule has 0 atom stereocenters. The highest BCUT2D eigenvalue weighted by Crippen LogP contribution is 2.16. The molecule has 0 radical (unpaired) electrons. The molecule has 0 saturated carbocycles.